The van der Waals surface area contributed by atoms with Crippen LogP contribution in [0.4, 0.5) is 11.4 Å². The van der Waals surface area contributed by atoms with Gasteiger partial charge in [0.25, 0.3) is 5.69 Å². The number of hydrogen-bond acceptors (Lipinski definition) is 3. The molecule has 0 N–H and O–H groups in total. The zero-order valence-corrected chi connectivity index (χ0v) is 15.0. The van der Waals surface area contributed by atoms with Gasteiger partial charge in [0.1, 0.15) is 5.69 Å². The predicted molar refractivity (Wildman–Crippen MR) is 94.1 cm³/mol. The lowest BCUT2D eigenvalue weighted by Crippen LogP contribution is -2.17. The van der Waals surface area contributed by atoms with E-state index in [0.29, 0.717) is 15.7 Å². The molecular weight excluding hydrogens is 391 g/mol. The molecule has 0 spiro atoms. The molecule has 0 fully saturated rings. The molecule has 0 saturated carbocycles. The molecule has 0 aliphatic rings. The van der Waals surface area contributed by atoms with Gasteiger partial charge in [-0.1, -0.05) is 41.4 Å². The van der Waals surface area contributed by atoms with Gasteiger partial charge in [-0.25, -0.2) is 0 Å². The number of rotatable bonds is 4. The Kier molecular flexibility index (Phi) is 5.32. The second-order valence-electron chi connectivity index (χ2n) is 4.85. The molecule has 0 aliphatic heterocycles. The Morgan fingerprint density at radius 2 is 1.95 bits per heavy atom. The number of anilines is 1. The average Bonchev–Trinajstić information content (AvgIpc) is 2.45. The van der Waals surface area contributed by atoms with E-state index in [2.05, 4.69) is 16.1 Å². The minimum atomic E-state index is -0.396. The van der Waals surface area contributed by atoms with Crippen molar-refractivity contribution in [3.05, 3.63) is 67.7 Å². The predicted octanol–water partition coefficient (Wildman–Crippen LogP) is 6.09. The fourth-order valence-electron chi connectivity index (χ4n) is 2.22. The smallest absolute Gasteiger partial charge is 0.293 e. The third-order valence-electron chi connectivity index (χ3n) is 3.38. The molecule has 22 heavy (non-hydrogen) atoms. The summed E-state index contributed by atoms with van der Waals surface area (Å²) in [6.07, 6.45) is 0. The summed E-state index contributed by atoms with van der Waals surface area (Å²) in [5.41, 5.74) is 2.16. The van der Waals surface area contributed by atoms with Crippen molar-refractivity contribution < 1.29 is 4.92 Å². The molecule has 0 heterocycles. The van der Waals surface area contributed by atoms with Crippen molar-refractivity contribution in [3.8, 4) is 0 Å². The first-order valence-electron chi connectivity index (χ1n) is 6.47. The van der Waals surface area contributed by atoms with Gasteiger partial charge < -0.3 is 0 Å². The molecule has 0 bridgehead atoms. The van der Waals surface area contributed by atoms with E-state index in [1.165, 1.54) is 6.07 Å². The van der Waals surface area contributed by atoms with Crippen LogP contribution < -0.4 is 3.93 Å². The minimum absolute atomic E-state index is 0.0359. The van der Waals surface area contributed by atoms with E-state index in [0.717, 1.165) is 11.1 Å². The van der Waals surface area contributed by atoms with Gasteiger partial charge in [0.05, 0.1) is 27.1 Å². The van der Waals surface area contributed by atoms with Crippen LogP contribution in [0.25, 0.3) is 0 Å². The van der Waals surface area contributed by atoms with E-state index in [9.17, 15) is 10.1 Å². The van der Waals surface area contributed by atoms with E-state index < -0.39 is 4.92 Å². The number of halogens is 3. The first-order chi connectivity index (χ1) is 10.3. The van der Waals surface area contributed by atoms with Crippen LogP contribution >= 0.6 is 39.3 Å². The number of benzene rings is 2. The number of hydrogen-bond donors (Lipinski definition) is 0. The standard InChI is InChI=1S/C15H13BrCl2N2O2/c1-9-4-3-5-14(20(21)22)15(9)19(16)10(2)12-7-6-11(17)8-13(12)18/h3-8,10H,1-2H3. The summed E-state index contributed by atoms with van der Waals surface area (Å²) >= 11 is 15.6. The highest BCUT2D eigenvalue weighted by molar-refractivity contribution is 9.10. The van der Waals surface area contributed by atoms with E-state index in [1.807, 2.05) is 26.0 Å². The fraction of sp³-hybridized carbons (Fsp3) is 0.200. The number of nitro groups is 1. The molecule has 0 aromatic heterocycles. The zero-order chi connectivity index (χ0) is 16.4. The molecule has 2 rings (SSSR count). The van der Waals surface area contributed by atoms with Crippen molar-refractivity contribution in [1.82, 2.24) is 0 Å². The Hall–Kier alpha value is -1.30. The highest BCUT2D eigenvalue weighted by atomic mass is 79.9. The van der Waals surface area contributed by atoms with Crippen LogP contribution in [0.15, 0.2) is 36.4 Å². The zero-order valence-electron chi connectivity index (χ0n) is 11.9. The second kappa shape index (κ2) is 6.86. The Labute approximate surface area is 147 Å². The van der Waals surface area contributed by atoms with Crippen molar-refractivity contribution in [2.75, 3.05) is 3.93 Å². The monoisotopic (exact) mass is 402 g/mol. The summed E-state index contributed by atoms with van der Waals surface area (Å²) in [6.45, 7) is 3.73. The summed E-state index contributed by atoms with van der Waals surface area (Å²) in [5, 5.41) is 12.3. The molecular formula is C15H13BrCl2N2O2. The molecule has 1 atom stereocenters. The molecule has 1 unspecified atom stereocenters. The molecule has 116 valence electrons. The lowest BCUT2D eigenvalue weighted by atomic mass is 10.1. The molecule has 0 amide bonds. The first-order valence-corrected chi connectivity index (χ1v) is 7.93. The lowest BCUT2D eigenvalue weighted by Gasteiger charge is -2.26. The summed E-state index contributed by atoms with van der Waals surface area (Å²) in [7, 11) is 0. The van der Waals surface area contributed by atoms with Crippen LogP contribution in [0.3, 0.4) is 0 Å². The van der Waals surface area contributed by atoms with Gasteiger partial charge >= 0.3 is 0 Å². The van der Waals surface area contributed by atoms with Gasteiger partial charge in [0.15, 0.2) is 0 Å². The van der Waals surface area contributed by atoms with Crippen LogP contribution in [0, 0.1) is 17.0 Å². The summed E-state index contributed by atoms with van der Waals surface area (Å²) in [5.74, 6) is 0. The van der Waals surface area contributed by atoms with Gasteiger partial charge in [-0.3, -0.25) is 14.0 Å². The number of nitro benzene ring substituents is 1. The Bertz CT molecular complexity index is 725. The van der Waals surface area contributed by atoms with Crippen molar-refractivity contribution in [2.24, 2.45) is 0 Å². The van der Waals surface area contributed by atoms with Crippen LogP contribution in [0.2, 0.25) is 10.0 Å². The number of aryl methyl sites for hydroxylation is 1. The van der Waals surface area contributed by atoms with E-state index in [-0.39, 0.29) is 11.7 Å². The van der Waals surface area contributed by atoms with E-state index in [4.69, 9.17) is 23.2 Å². The first kappa shape index (κ1) is 17.1. The molecule has 2 aromatic rings. The molecule has 7 heteroatoms. The maximum atomic E-state index is 11.3. The molecule has 2 aromatic carbocycles. The number of para-hydroxylation sites is 1. The van der Waals surface area contributed by atoms with E-state index >= 15 is 0 Å². The Morgan fingerprint density at radius 1 is 1.27 bits per heavy atom. The van der Waals surface area contributed by atoms with Gasteiger partial charge in [-0.15, -0.1) is 0 Å². The van der Waals surface area contributed by atoms with Crippen LogP contribution in [0.5, 0.6) is 0 Å². The fourth-order valence-corrected chi connectivity index (χ4v) is 3.47. The lowest BCUT2D eigenvalue weighted by molar-refractivity contribution is -0.384. The van der Waals surface area contributed by atoms with E-state index in [1.54, 1.807) is 22.1 Å². The van der Waals surface area contributed by atoms with Gasteiger partial charge in [0.2, 0.25) is 0 Å². The minimum Gasteiger partial charge on any atom is -0.295 e. The Morgan fingerprint density at radius 3 is 2.55 bits per heavy atom. The van der Waals surface area contributed by atoms with Crippen molar-refractivity contribution >= 4 is 50.7 Å². The Balaban J connectivity index is 2.47. The largest absolute Gasteiger partial charge is 0.295 e. The quantitative estimate of drug-likeness (QED) is 0.352. The van der Waals surface area contributed by atoms with Crippen molar-refractivity contribution in [3.63, 3.8) is 0 Å². The second-order valence-corrected chi connectivity index (χ2v) is 6.46. The third kappa shape index (κ3) is 3.37. The van der Waals surface area contributed by atoms with Crippen molar-refractivity contribution in [1.29, 1.82) is 0 Å². The highest BCUT2D eigenvalue weighted by Gasteiger charge is 2.25. The summed E-state index contributed by atoms with van der Waals surface area (Å²) in [4.78, 5) is 10.9. The topological polar surface area (TPSA) is 46.4 Å². The van der Waals surface area contributed by atoms with Crippen molar-refractivity contribution in [2.45, 2.75) is 19.9 Å². The molecule has 4 nitrogen and oxygen atoms in total. The number of nitrogens with zero attached hydrogens (tertiary/aromatic N) is 2. The third-order valence-corrected chi connectivity index (χ3v) is 4.91. The highest BCUT2D eigenvalue weighted by Crippen LogP contribution is 2.40. The molecule has 0 saturated heterocycles. The SMILES string of the molecule is Cc1cccc([N+](=O)[O-])c1N(Br)C(C)c1ccc(Cl)cc1Cl. The molecule has 0 radical (unpaired) electrons. The van der Waals surface area contributed by atoms with Gasteiger partial charge in [-0.2, -0.15) is 0 Å². The van der Waals surface area contributed by atoms with Crippen LogP contribution in [-0.2, 0) is 0 Å². The average molecular weight is 404 g/mol. The summed E-state index contributed by atoms with van der Waals surface area (Å²) < 4.78 is 1.68. The maximum Gasteiger partial charge on any atom is 0.293 e. The maximum absolute atomic E-state index is 11.3. The molecule has 0 aliphatic carbocycles. The van der Waals surface area contributed by atoms with Crippen LogP contribution in [0.1, 0.15) is 24.1 Å². The van der Waals surface area contributed by atoms with Crippen LogP contribution in [-0.4, -0.2) is 4.92 Å². The summed E-state index contributed by atoms with van der Waals surface area (Å²) in [6, 6.07) is 9.96. The van der Waals surface area contributed by atoms with Gasteiger partial charge in [-0.05, 0) is 37.1 Å². The van der Waals surface area contributed by atoms with Gasteiger partial charge in [0, 0.05) is 16.1 Å². The normalized spacial score (nSPS) is 12.0.